The average molecular weight is 391 g/mol. The number of hydrogen-bond acceptors (Lipinski definition) is 4. The number of anilines is 1. The first kappa shape index (κ1) is 19.8. The number of para-hydroxylation sites is 1. The number of nitrogens with zero attached hydrogens (tertiary/aromatic N) is 1. The molecule has 0 spiro atoms. The second kappa shape index (κ2) is 9.30. The molecule has 4 nitrogen and oxygen atoms in total. The Morgan fingerprint density at radius 3 is 2.56 bits per heavy atom. The highest BCUT2D eigenvalue weighted by Crippen LogP contribution is 2.33. The summed E-state index contributed by atoms with van der Waals surface area (Å²) in [5.41, 5.74) is 7.59. The zero-order chi connectivity index (χ0) is 19.2. The minimum Gasteiger partial charge on any atom is -0.330 e. The van der Waals surface area contributed by atoms with E-state index >= 15 is 0 Å². The number of amides is 1. The topological polar surface area (TPSA) is 58.4 Å². The van der Waals surface area contributed by atoms with Crippen molar-refractivity contribution in [1.29, 1.82) is 0 Å². The van der Waals surface area contributed by atoms with Gasteiger partial charge in [-0.05, 0) is 30.2 Å². The van der Waals surface area contributed by atoms with Gasteiger partial charge in [-0.15, -0.1) is 0 Å². The zero-order valence-corrected chi connectivity index (χ0v) is 15.7. The van der Waals surface area contributed by atoms with Crippen LogP contribution in [-0.4, -0.2) is 42.7 Å². The quantitative estimate of drug-likeness (QED) is 0.708. The van der Waals surface area contributed by atoms with Crippen molar-refractivity contribution in [1.82, 2.24) is 4.90 Å². The van der Waals surface area contributed by atoms with Crippen LogP contribution >= 0.6 is 11.8 Å². The van der Waals surface area contributed by atoms with Crippen LogP contribution in [0.5, 0.6) is 0 Å². The third-order valence-electron chi connectivity index (χ3n) is 4.79. The number of likely N-dealkylation sites (tertiary alicyclic amines) is 1. The van der Waals surface area contributed by atoms with Crippen molar-refractivity contribution >= 4 is 23.4 Å². The highest BCUT2D eigenvalue weighted by Gasteiger charge is 2.33. The van der Waals surface area contributed by atoms with Crippen molar-refractivity contribution < 1.29 is 13.6 Å². The minimum absolute atomic E-state index is 0.207. The van der Waals surface area contributed by atoms with Gasteiger partial charge in [-0.2, -0.15) is 8.78 Å². The standard InChI is InChI=1S/C20H23F2N3OS/c21-20(22)27-18-9-5-4-8-17(18)24-19(26)13-25-11-15(10-23)16(12-25)14-6-2-1-3-7-14/h1-9,15-16,20H,10-13,23H2,(H,24,26)/t15-,16+/m1/s1. The molecule has 0 bridgehead atoms. The molecule has 1 fully saturated rings. The SMILES string of the molecule is NC[C@@H]1CN(CC(=O)Nc2ccccc2SC(F)F)C[C@H]1c1ccccc1. The number of rotatable bonds is 7. The van der Waals surface area contributed by atoms with Gasteiger partial charge in [0.1, 0.15) is 0 Å². The fourth-order valence-electron chi connectivity index (χ4n) is 3.57. The highest BCUT2D eigenvalue weighted by molar-refractivity contribution is 7.99. The molecule has 3 rings (SSSR count). The molecule has 1 aliphatic heterocycles. The van der Waals surface area contributed by atoms with Gasteiger partial charge in [-0.3, -0.25) is 9.69 Å². The van der Waals surface area contributed by atoms with Crippen LogP contribution in [0.15, 0.2) is 59.5 Å². The number of benzene rings is 2. The molecule has 1 saturated heterocycles. The van der Waals surface area contributed by atoms with Gasteiger partial charge < -0.3 is 11.1 Å². The van der Waals surface area contributed by atoms with Crippen LogP contribution in [0.2, 0.25) is 0 Å². The molecular weight excluding hydrogens is 368 g/mol. The van der Waals surface area contributed by atoms with Gasteiger partial charge in [0.05, 0.1) is 12.2 Å². The maximum Gasteiger partial charge on any atom is 0.288 e. The molecule has 144 valence electrons. The second-order valence-corrected chi connectivity index (χ2v) is 7.66. The fraction of sp³-hybridized carbons (Fsp3) is 0.350. The van der Waals surface area contributed by atoms with E-state index in [2.05, 4.69) is 22.3 Å². The molecule has 2 aromatic carbocycles. The molecule has 7 heteroatoms. The second-order valence-electron chi connectivity index (χ2n) is 6.63. The number of carbonyl (C=O) groups is 1. The van der Waals surface area contributed by atoms with Crippen LogP contribution in [0.1, 0.15) is 11.5 Å². The predicted octanol–water partition coefficient (Wildman–Crippen LogP) is 3.61. The number of hydrogen-bond donors (Lipinski definition) is 2. The molecule has 2 aromatic rings. The summed E-state index contributed by atoms with van der Waals surface area (Å²) in [6.07, 6.45) is 0. The molecule has 3 N–H and O–H groups in total. The Labute approximate surface area is 162 Å². The first-order valence-corrected chi connectivity index (χ1v) is 9.76. The van der Waals surface area contributed by atoms with E-state index in [-0.39, 0.29) is 12.5 Å². The van der Waals surface area contributed by atoms with Crippen molar-refractivity contribution in [2.24, 2.45) is 11.7 Å². The van der Waals surface area contributed by atoms with E-state index < -0.39 is 5.76 Å². The zero-order valence-electron chi connectivity index (χ0n) is 14.9. The van der Waals surface area contributed by atoms with Crippen LogP contribution in [0.25, 0.3) is 0 Å². The van der Waals surface area contributed by atoms with Crippen LogP contribution in [0.3, 0.4) is 0 Å². The summed E-state index contributed by atoms with van der Waals surface area (Å²) >= 11 is 0.433. The number of nitrogens with two attached hydrogens (primary N) is 1. The van der Waals surface area contributed by atoms with Gasteiger partial charge in [0.2, 0.25) is 5.91 Å². The van der Waals surface area contributed by atoms with Crippen molar-refractivity contribution in [3.63, 3.8) is 0 Å². The normalized spacial score (nSPS) is 20.1. The summed E-state index contributed by atoms with van der Waals surface area (Å²) in [7, 11) is 0. The van der Waals surface area contributed by atoms with E-state index in [1.807, 2.05) is 18.2 Å². The Hall–Kier alpha value is -1.96. The van der Waals surface area contributed by atoms with Gasteiger partial charge in [-0.25, -0.2) is 0 Å². The summed E-state index contributed by atoms with van der Waals surface area (Å²) < 4.78 is 25.4. The summed E-state index contributed by atoms with van der Waals surface area (Å²) in [6.45, 7) is 2.28. The van der Waals surface area contributed by atoms with Crippen molar-refractivity contribution in [2.45, 2.75) is 16.6 Å². The lowest BCUT2D eigenvalue weighted by molar-refractivity contribution is -0.117. The first-order chi connectivity index (χ1) is 13.1. The number of nitrogens with one attached hydrogen (secondary N) is 1. The van der Waals surface area contributed by atoms with Crippen LogP contribution < -0.4 is 11.1 Å². The van der Waals surface area contributed by atoms with E-state index in [9.17, 15) is 13.6 Å². The number of alkyl halides is 2. The van der Waals surface area contributed by atoms with Gasteiger partial charge in [-0.1, -0.05) is 54.2 Å². The van der Waals surface area contributed by atoms with Crippen LogP contribution in [-0.2, 0) is 4.79 Å². The molecule has 0 unspecified atom stereocenters. The summed E-state index contributed by atoms with van der Waals surface area (Å²) in [5.74, 6) is -2.15. The predicted molar refractivity (Wildman–Crippen MR) is 105 cm³/mol. The largest absolute Gasteiger partial charge is 0.330 e. The maximum absolute atomic E-state index is 12.7. The molecule has 0 radical (unpaired) electrons. The molecule has 27 heavy (non-hydrogen) atoms. The van der Waals surface area contributed by atoms with Crippen molar-refractivity contribution in [3.05, 3.63) is 60.2 Å². The van der Waals surface area contributed by atoms with E-state index in [4.69, 9.17) is 5.73 Å². The molecule has 1 amide bonds. The average Bonchev–Trinajstić information content (AvgIpc) is 3.06. The molecule has 0 aliphatic carbocycles. The fourth-order valence-corrected chi connectivity index (χ4v) is 4.16. The van der Waals surface area contributed by atoms with Crippen LogP contribution in [0, 0.1) is 5.92 Å². The maximum atomic E-state index is 12.7. The summed E-state index contributed by atoms with van der Waals surface area (Å²) in [4.78, 5) is 14.9. The van der Waals surface area contributed by atoms with E-state index in [0.717, 1.165) is 13.1 Å². The Balaban J connectivity index is 1.62. The molecule has 2 atom stereocenters. The Morgan fingerprint density at radius 2 is 1.85 bits per heavy atom. The Kier molecular flexibility index (Phi) is 6.82. The highest BCUT2D eigenvalue weighted by atomic mass is 32.2. The van der Waals surface area contributed by atoms with Crippen molar-refractivity contribution in [2.75, 3.05) is 31.5 Å². The smallest absolute Gasteiger partial charge is 0.288 e. The number of halogens is 2. The molecule has 0 saturated carbocycles. The van der Waals surface area contributed by atoms with Crippen molar-refractivity contribution in [3.8, 4) is 0 Å². The third-order valence-corrected chi connectivity index (χ3v) is 5.58. The number of carbonyl (C=O) groups excluding carboxylic acids is 1. The Bertz CT molecular complexity index is 760. The van der Waals surface area contributed by atoms with E-state index in [1.54, 1.807) is 24.3 Å². The van der Waals surface area contributed by atoms with E-state index in [0.29, 0.717) is 40.7 Å². The van der Waals surface area contributed by atoms with E-state index in [1.165, 1.54) is 5.56 Å². The van der Waals surface area contributed by atoms with Gasteiger partial charge >= 0.3 is 0 Å². The lowest BCUT2D eigenvalue weighted by Gasteiger charge is -2.17. The third kappa shape index (κ3) is 5.28. The molecule has 1 heterocycles. The Morgan fingerprint density at radius 1 is 1.15 bits per heavy atom. The molecular formula is C20H23F2N3OS. The summed E-state index contributed by atoms with van der Waals surface area (Å²) in [5, 5.41) is 2.76. The summed E-state index contributed by atoms with van der Waals surface area (Å²) in [6, 6.07) is 16.8. The monoisotopic (exact) mass is 391 g/mol. The van der Waals surface area contributed by atoms with Crippen LogP contribution in [0.4, 0.5) is 14.5 Å². The van der Waals surface area contributed by atoms with Gasteiger partial charge in [0.15, 0.2) is 0 Å². The minimum atomic E-state index is -2.53. The lowest BCUT2D eigenvalue weighted by atomic mass is 9.89. The van der Waals surface area contributed by atoms with Gasteiger partial charge in [0.25, 0.3) is 5.76 Å². The first-order valence-electron chi connectivity index (χ1n) is 8.88. The van der Waals surface area contributed by atoms with Gasteiger partial charge in [0, 0.05) is 23.9 Å². The molecule has 0 aromatic heterocycles. The molecule has 1 aliphatic rings. The lowest BCUT2D eigenvalue weighted by Crippen LogP contribution is -2.32. The number of thioether (sulfide) groups is 1.